The molecule has 5 heteroatoms. The maximum absolute atomic E-state index is 12.9. The number of carbonyl (C=O) groups is 1. The quantitative estimate of drug-likeness (QED) is 0.817. The fraction of sp³-hybridized carbons (Fsp3) is 0.476. The Morgan fingerprint density at radius 2 is 2.04 bits per heavy atom. The van der Waals surface area contributed by atoms with Crippen molar-refractivity contribution < 1.29 is 4.79 Å². The zero-order valence-corrected chi connectivity index (χ0v) is 15.7. The van der Waals surface area contributed by atoms with Crippen LogP contribution in [0.25, 0.3) is 11.3 Å². The normalized spacial score (nSPS) is 14.7. The number of nitrogens with one attached hydrogen (secondary N) is 1. The molecule has 0 aliphatic heterocycles. The molecule has 2 aromatic rings. The summed E-state index contributed by atoms with van der Waals surface area (Å²) in [5.74, 6) is 0.614. The van der Waals surface area contributed by atoms with Crippen molar-refractivity contribution in [2.75, 3.05) is 6.54 Å². The Morgan fingerprint density at radius 3 is 2.58 bits per heavy atom. The van der Waals surface area contributed by atoms with Crippen molar-refractivity contribution >= 4 is 5.91 Å². The van der Waals surface area contributed by atoms with Crippen molar-refractivity contribution in [2.45, 2.75) is 52.5 Å². The number of hydrogen-bond donors (Lipinski definition) is 1. The van der Waals surface area contributed by atoms with Gasteiger partial charge >= 0.3 is 0 Å². The van der Waals surface area contributed by atoms with Gasteiger partial charge in [-0.3, -0.25) is 9.48 Å². The van der Waals surface area contributed by atoms with Crippen LogP contribution in [-0.2, 0) is 6.42 Å². The number of rotatable bonds is 7. The second kappa shape index (κ2) is 7.74. The molecule has 1 saturated carbocycles. The first-order valence-electron chi connectivity index (χ1n) is 9.49. The van der Waals surface area contributed by atoms with E-state index < -0.39 is 0 Å². The van der Waals surface area contributed by atoms with E-state index >= 15 is 0 Å². The summed E-state index contributed by atoms with van der Waals surface area (Å²) in [6.07, 6.45) is 4.06. The van der Waals surface area contributed by atoms with Crippen molar-refractivity contribution in [2.24, 2.45) is 5.92 Å². The summed E-state index contributed by atoms with van der Waals surface area (Å²) < 4.78 is 1.88. The molecule has 1 heterocycles. The van der Waals surface area contributed by atoms with Gasteiger partial charge < -0.3 is 5.32 Å². The van der Waals surface area contributed by atoms with Crippen LogP contribution in [-0.4, -0.2) is 22.2 Å². The second-order valence-electron chi connectivity index (χ2n) is 7.07. The number of nitriles is 1. The summed E-state index contributed by atoms with van der Waals surface area (Å²) in [7, 11) is 0. The summed E-state index contributed by atoms with van der Waals surface area (Å²) in [6, 6.07) is 9.70. The lowest BCUT2D eigenvalue weighted by Gasteiger charge is -2.14. The summed E-state index contributed by atoms with van der Waals surface area (Å²) >= 11 is 0. The topological polar surface area (TPSA) is 70.7 Å². The van der Waals surface area contributed by atoms with E-state index in [9.17, 15) is 4.79 Å². The van der Waals surface area contributed by atoms with Crippen LogP contribution in [0.4, 0.5) is 0 Å². The van der Waals surface area contributed by atoms with Crippen LogP contribution in [0.1, 0.15) is 67.7 Å². The first-order chi connectivity index (χ1) is 12.6. The van der Waals surface area contributed by atoms with Gasteiger partial charge in [-0.15, -0.1) is 0 Å². The number of amides is 1. The molecule has 1 aromatic heterocycles. The number of aromatic nitrogens is 2. The lowest BCUT2D eigenvalue weighted by atomic mass is 10.0. The van der Waals surface area contributed by atoms with Crippen LogP contribution in [0.5, 0.6) is 0 Å². The van der Waals surface area contributed by atoms with E-state index in [-0.39, 0.29) is 11.9 Å². The van der Waals surface area contributed by atoms with E-state index in [2.05, 4.69) is 32.2 Å². The van der Waals surface area contributed by atoms with Gasteiger partial charge in [-0.1, -0.05) is 26.0 Å². The third-order valence-corrected chi connectivity index (χ3v) is 5.12. The summed E-state index contributed by atoms with van der Waals surface area (Å²) in [5.41, 5.74) is 4.06. The molecule has 1 aromatic carbocycles. The predicted molar refractivity (Wildman–Crippen MR) is 102 cm³/mol. The first-order valence-corrected chi connectivity index (χ1v) is 9.49. The number of carbonyl (C=O) groups excluding carboxylic acids is 1. The summed E-state index contributed by atoms with van der Waals surface area (Å²) in [4.78, 5) is 12.9. The molecule has 1 N–H and O–H groups in total. The molecule has 1 unspecified atom stereocenters. The minimum Gasteiger partial charge on any atom is -0.350 e. The van der Waals surface area contributed by atoms with Crippen LogP contribution in [0, 0.1) is 17.2 Å². The van der Waals surface area contributed by atoms with Gasteiger partial charge in [-0.25, -0.2) is 0 Å². The Balaban J connectivity index is 2.03. The van der Waals surface area contributed by atoms with E-state index in [1.807, 2.05) is 16.8 Å². The van der Waals surface area contributed by atoms with Crippen LogP contribution >= 0.6 is 0 Å². The highest BCUT2D eigenvalue weighted by Crippen LogP contribution is 2.30. The molecule has 1 amide bonds. The average Bonchev–Trinajstić information content (AvgIpc) is 3.43. The molecule has 0 bridgehead atoms. The summed E-state index contributed by atoms with van der Waals surface area (Å²) in [6.45, 7) is 7.00. The maximum atomic E-state index is 12.9. The van der Waals surface area contributed by atoms with Gasteiger partial charge in [0, 0.05) is 23.7 Å². The van der Waals surface area contributed by atoms with Gasteiger partial charge in [0.25, 0.3) is 5.91 Å². The molecule has 136 valence electrons. The first kappa shape index (κ1) is 18.2. The molecule has 1 aliphatic rings. The van der Waals surface area contributed by atoms with Crippen molar-refractivity contribution in [3.8, 4) is 17.3 Å². The third-order valence-electron chi connectivity index (χ3n) is 5.12. The van der Waals surface area contributed by atoms with Crippen LogP contribution < -0.4 is 5.32 Å². The van der Waals surface area contributed by atoms with Crippen molar-refractivity contribution in [1.29, 1.82) is 5.26 Å². The van der Waals surface area contributed by atoms with Crippen molar-refractivity contribution in [3.63, 3.8) is 0 Å². The van der Waals surface area contributed by atoms with Gasteiger partial charge in [0.15, 0.2) is 0 Å². The number of benzene rings is 1. The molecule has 0 spiro atoms. The lowest BCUT2D eigenvalue weighted by Crippen LogP contribution is -2.29. The molecule has 1 atom stereocenters. The Morgan fingerprint density at radius 1 is 1.35 bits per heavy atom. The smallest absolute Gasteiger partial charge is 0.269 e. The zero-order valence-electron chi connectivity index (χ0n) is 15.7. The molecule has 1 aliphatic carbocycles. The Kier molecular flexibility index (Phi) is 5.41. The van der Waals surface area contributed by atoms with E-state index in [0.29, 0.717) is 17.2 Å². The van der Waals surface area contributed by atoms with E-state index in [4.69, 9.17) is 10.4 Å². The van der Waals surface area contributed by atoms with Crippen LogP contribution in [0.15, 0.2) is 24.3 Å². The monoisotopic (exact) mass is 350 g/mol. The van der Waals surface area contributed by atoms with Crippen LogP contribution in [0.2, 0.25) is 0 Å². The molecule has 5 nitrogen and oxygen atoms in total. The second-order valence-corrected chi connectivity index (χ2v) is 7.07. The Labute approximate surface area is 155 Å². The minimum atomic E-state index is -0.0264. The minimum absolute atomic E-state index is 0.0264. The molecule has 1 fully saturated rings. The molecule has 0 saturated heterocycles. The van der Waals surface area contributed by atoms with Gasteiger partial charge in [0.1, 0.15) is 5.69 Å². The number of hydrogen-bond acceptors (Lipinski definition) is 3. The van der Waals surface area contributed by atoms with Crippen molar-refractivity contribution in [1.82, 2.24) is 15.1 Å². The number of nitrogens with zero attached hydrogens (tertiary/aromatic N) is 3. The molecule has 26 heavy (non-hydrogen) atoms. The van der Waals surface area contributed by atoms with Gasteiger partial charge in [0.2, 0.25) is 0 Å². The average molecular weight is 350 g/mol. The highest BCUT2D eigenvalue weighted by molar-refractivity contribution is 5.96. The largest absolute Gasteiger partial charge is 0.350 e. The fourth-order valence-corrected chi connectivity index (χ4v) is 3.11. The molecular weight excluding hydrogens is 324 g/mol. The highest BCUT2D eigenvalue weighted by Gasteiger charge is 2.27. The van der Waals surface area contributed by atoms with Gasteiger partial charge in [-0.05, 0) is 50.7 Å². The van der Waals surface area contributed by atoms with Gasteiger partial charge in [0.05, 0.1) is 17.3 Å². The third kappa shape index (κ3) is 3.65. The molecular formula is C21H26N4O. The fourth-order valence-electron chi connectivity index (χ4n) is 3.11. The van der Waals surface area contributed by atoms with Gasteiger partial charge in [-0.2, -0.15) is 10.4 Å². The Bertz CT molecular complexity index is 825. The van der Waals surface area contributed by atoms with Crippen molar-refractivity contribution in [3.05, 3.63) is 41.1 Å². The van der Waals surface area contributed by atoms with Crippen LogP contribution in [0.3, 0.4) is 0 Å². The zero-order chi connectivity index (χ0) is 18.7. The highest BCUT2D eigenvalue weighted by atomic mass is 16.2. The maximum Gasteiger partial charge on any atom is 0.269 e. The molecule has 3 rings (SSSR count). The summed E-state index contributed by atoms with van der Waals surface area (Å²) in [5, 5.41) is 16.9. The predicted octanol–water partition coefficient (Wildman–Crippen LogP) is 4.09. The lowest BCUT2D eigenvalue weighted by molar-refractivity contribution is 0.0937. The molecule has 0 radical (unpaired) electrons. The Hall–Kier alpha value is -2.61. The van der Waals surface area contributed by atoms with E-state index in [0.717, 1.165) is 36.2 Å². The van der Waals surface area contributed by atoms with E-state index in [1.165, 1.54) is 12.8 Å². The standard InChI is InChI=1S/C21H26N4O/c1-4-14(3)25-20(21(26)23-13-16-6-7-16)18(5-2)19(24-25)17-10-8-15(12-22)9-11-17/h8-11,14,16H,4-7,13H2,1-3H3,(H,23,26). The van der Waals surface area contributed by atoms with E-state index in [1.54, 1.807) is 12.1 Å². The SMILES string of the molecule is CCc1c(-c2ccc(C#N)cc2)nn(C(C)CC)c1C(=O)NCC1CC1.